The van der Waals surface area contributed by atoms with Gasteiger partial charge in [0, 0.05) is 0 Å². The molecule has 0 radical (unpaired) electrons. The third-order valence-corrected chi connectivity index (χ3v) is 5.76. The molecule has 2 aromatic rings. The van der Waals surface area contributed by atoms with Crippen molar-refractivity contribution < 1.29 is 34.1 Å². The number of benzene rings is 1. The minimum atomic E-state index is -1.23. The molecule has 1 aromatic carbocycles. The van der Waals surface area contributed by atoms with E-state index in [0.717, 1.165) is 11.3 Å². The van der Waals surface area contributed by atoms with Gasteiger partial charge in [0.05, 0.1) is 9.35 Å². The van der Waals surface area contributed by atoms with E-state index in [9.17, 15) is 19.5 Å². The van der Waals surface area contributed by atoms with Gasteiger partial charge in [0.1, 0.15) is 11.6 Å². The number of hydrogen-bond donors (Lipinski definition) is 3. The van der Waals surface area contributed by atoms with Crippen molar-refractivity contribution in [1.82, 2.24) is 0 Å². The molecule has 1 atom stereocenters. The summed E-state index contributed by atoms with van der Waals surface area (Å²) >= 11 is 4.23. The molecule has 0 fully saturated rings. The lowest BCUT2D eigenvalue weighted by Crippen LogP contribution is -2.31. The van der Waals surface area contributed by atoms with Gasteiger partial charge in [0.15, 0.2) is 17.2 Å². The van der Waals surface area contributed by atoms with Crippen LogP contribution in [-0.4, -0.2) is 40.3 Å². The van der Waals surface area contributed by atoms with Gasteiger partial charge in [-0.2, -0.15) is 0 Å². The summed E-state index contributed by atoms with van der Waals surface area (Å²) in [5.74, 6) is -3.05. The van der Waals surface area contributed by atoms with Gasteiger partial charge >= 0.3 is 17.9 Å². The predicted molar refractivity (Wildman–Crippen MR) is 110 cm³/mol. The number of thiophene rings is 1. The van der Waals surface area contributed by atoms with Gasteiger partial charge in [-0.15, -0.1) is 11.3 Å². The van der Waals surface area contributed by atoms with Gasteiger partial charge < -0.3 is 25.4 Å². The molecule has 0 amide bonds. The Balaban J connectivity index is 2.32. The number of ether oxygens (including phenoxy) is 2. The number of carbonyl (C=O) groups is 3. The predicted octanol–water partition coefficient (Wildman–Crippen LogP) is 3.68. The van der Waals surface area contributed by atoms with E-state index in [-0.39, 0.29) is 10.6 Å². The Bertz CT molecular complexity index is 931. The van der Waals surface area contributed by atoms with E-state index in [1.54, 1.807) is 45.0 Å². The van der Waals surface area contributed by atoms with Crippen molar-refractivity contribution in [2.45, 2.75) is 32.4 Å². The minimum absolute atomic E-state index is 0.0468. The van der Waals surface area contributed by atoms with E-state index in [2.05, 4.69) is 15.9 Å². The second kappa shape index (κ2) is 8.93. The highest BCUT2D eigenvalue weighted by molar-refractivity contribution is 9.10. The third-order valence-electron chi connectivity index (χ3n) is 3.54. The zero-order valence-electron chi connectivity index (χ0n) is 15.9. The number of carboxylic acid groups (broad SMARTS) is 2. The quantitative estimate of drug-likeness (QED) is 0.505. The summed E-state index contributed by atoms with van der Waals surface area (Å²) in [6.45, 7) is 4.58. The van der Waals surface area contributed by atoms with Crippen molar-refractivity contribution in [2.75, 3.05) is 6.61 Å². The molecule has 8 nitrogen and oxygen atoms in total. The molecule has 0 aliphatic rings. The van der Waals surface area contributed by atoms with Crippen LogP contribution in [0, 0.1) is 0 Å². The summed E-state index contributed by atoms with van der Waals surface area (Å²) in [5, 5.41) is 18.2. The maximum Gasteiger partial charge on any atom is 0.349 e. The minimum Gasteiger partial charge on any atom is -0.479 e. The fourth-order valence-corrected chi connectivity index (χ4v) is 4.23. The van der Waals surface area contributed by atoms with Crippen LogP contribution in [0.15, 0.2) is 28.7 Å². The van der Waals surface area contributed by atoms with Crippen LogP contribution in [0.1, 0.15) is 42.0 Å². The van der Waals surface area contributed by atoms with E-state index in [4.69, 9.17) is 20.3 Å². The zero-order valence-corrected chi connectivity index (χ0v) is 18.3. The summed E-state index contributed by atoms with van der Waals surface area (Å²) in [6, 6.07) is 5.70. The molecule has 10 heteroatoms. The molecular formula is C19H20BrNO7S. The Kier molecular flexibility index (Phi) is 7.04. The Morgan fingerprint density at radius 2 is 1.76 bits per heavy atom. The third kappa shape index (κ3) is 5.78. The van der Waals surface area contributed by atoms with Crippen LogP contribution in [0.3, 0.4) is 0 Å². The molecule has 2 rings (SSSR count). The average Bonchev–Trinajstić information content (AvgIpc) is 2.94. The summed E-state index contributed by atoms with van der Waals surface area (Å²) in [4.78, 5) is 34.8. The van der Waals surface area contributed by atoms with Crippen molar-refractivity contribution in [1.29, 1.82) is 0 Å². The molecule has 0 bridgehead atoms. The first kappa shape index (κ1) is 22.9. The van der Waals surface area contributed by atoms with E-state index >= 15 is 0 Å². The van der Waals surface area contributed by atoms with Crippen LogP contribution in [0.4, 0.5) is 0 Å². The normalized spacial score (nSPS) is 12.3. The first-order valence-electron chi connectivity index (χ1n) is 8.39. The van der Waals surface area contributed by atoms with E-state index in [1.165, 1.54) is 0 Å². The van der Waals surface area contributed by atoms with Crippen molar-refractivity contribution in [3.8, 4) is 16.2 Å². The molecule has 0 aliphatic carbocycles. The maximum atomic E-state index is 12.1. The van der Waals surface area contributed by atoms with Crippen molar-refractivity contribution in [3.63, 3.8) is 0 Å². The van der Waals surface area contributed by atoms with Crippen molar-refractivity contribution in [2.24, 2.45) is 5.73 Å². The Morgan fingerprint density at radius 1 is 1.17 bits per heavy atom. The number of aliphatic carboxylic acids is 1. The lowest BCUT2D eigenvalue weighted by atomic mass is 10.0. The summed E-state index contributed by atoms with van der Waals surface area (Å²) < 4.78 is 10.8. The molecule has 1 aromatic heterocycles. The van der Waals surface area contributed by atoms with E-state index in [1.807, 2.05) is 0 Å². The molecule has 29 heavy (non-hydrogen) atoms. The Labute approximate surface area is 179 Å². The second-order valence-corrected chi connectivity index (χ2v) is 8.84. The monoisotopic (exact) mass is 485 g/mol. The zero-order chi connectivity index (χ0) is 21.9. The molecule has 0 saturated heterocycles. The van der Waals surface area contributed by atoms with Crippen LogP contribution in [0.2, 0.25) is 0 Å². The van der Waals surface area contributed by atoms with Gasteiger partial charge in [-0.05, 0) is 47.8 Å². The van der Waals surface area contributed by atoms with Gasteiger partial charge in [-0.3, -0.25) is 0 Å². The summed E-state index contributed by atoms with van der Waals surface area (Å²) in [7, 11) is 0. The van der Waals surface area contributed by atoms with Crippen LogP contribution in [-0.2, 0) is 14.3 Å². The number of carbonyl (C=O) groups excluding carboxylic acids is 1. The number of aromatic carboxylic acids is 1. The number of hydrogen-bond acceptors (Lipinski definition) is 7. The van der Waals surface area contributed by atoms with Crippen LogP contribution in [0.5, 0.6) is 5.75 Å². The van der Waals surface area contributed by atoms with Crippen LogP contribution < -0.4 is 10.5 Å². The topological polar surface area (TPSA) is 136 Å². The molecule has 0 saturated carbocycles. The van der Waals surface area contributed by atoms with Gasteiger partial charge in [-0.1, -0.05) is 24.3 Å². The molecule has 0 aliphatic heterocycles. The highest BCUT2D eigenvalue weighted by atomic mass is 79.9. The van der Waals surface area contributed by atoms with Crippen molar-refractivity contribution >= 4 is 45.2 Å². The summed E-state index contributed by atoms with van der Waals surface area (Å²) in [6.07, 6.45) is 0. The lowest BCUT2D eigenvalue weighted by molar-refractivity contribution is -0.156. The average molecular weight is 486 g/mol. The van der Waals surface area contributed by atoms with Gasteiger partial charge in [-0.25, -0.2) is 14.4 Å². The first-order chi connectivity index (χ1) is 13.4. The SMILES string of the molecule is CC(C)(C)OC(=O)C(N)c1ccc(-c2sc(C(=O)O)c(OCC(=O)O)c2Br)cc1. The Hall–Kier alpha value is -2.43. The van der Waals surface area contributed by atoms with Gasteiger partial charge in [0.25, 0.3) is 0 Å². The van der Waals surface area contributed by atoms with Crippen LogP contribution in [0.25, 0.3) is 10.4 Å². The highest BCUT2D eigenvalue weighted by Crippen LogP contribution is 2.45. The molecule has 156 valence electrons. The molecule has 1 heterocycles. The standard InChI is InChI=1S/C19H20BrNO7S/c1-19(2,3)28-18(26)13(21)9-4-6-10(7-5-9)15-12(20)14(27-8-11(22)23)16(29-15)17(24)25/h4-7,13H,8,21H2,1-3H3,(H,22,23)(H,24,25). The fourth-order valence-electron chi connectivity index (χ4n) is 2.33. The Morgan fingerprint density at radius 3 is 2.24 bits per heavy atom. The molecule has 1 unspecified atom stereocenters. The van der Waals surface area contributed by atoms with Gasteiger partial charge in [0.2, 0.25) is 0 Å². The largest absolute Gasteiger partial charge is 0.479 e. The smallest absolute Gasteiger partial charge is 0.349 e. The molecule has 4 N–H and O–H groups in total. The number of halogens is 1. The maximum absolute atomic E-state index is 12.1. The lowest BCUT2D eigenvalue weighted by Gasteiger charge is -2.22. The molecule has 0 spiro atoms. The fraction of sp³-hybridized carbons (Fsp3) is 0.316. The summed E-state index contributed by atoms with van der Waals surface area (Å²) in [5.41, 5.74) is 6.50. The number of carboxylic acids is 2. The van der Waals surface area contributed by atoms with E-state index in [0.29, 0.717) is 20.5 Å². The first-order valence-corrected chi connectivity index (χ1v) is 10.0. The number of rotatable bonds is 7. The number of esters is 1. The van der Waals surface area contributed by atoms with E-state index < -0.39 is 36.2 Å². The second-order valence-electron chi connectivity index (χ2n) is 7.02. The van der Waals surface area contributed by atoms with Crippen LogP contribution >= 0.6 is 27.3 Å². The molecular weight excluding hydrogens is 466 g/mol. The van der Waals surface area contributed by atoms with Crippen molar-refractivity contribution in [3.05, 3.63) is 39.2 Å². The highest BCUT2D eigenvalue weighted by Gasteiger charge is 2.26. The number of nitrogens with two attached hydrogens (primary N) is 1.